The van der Waals surface area contributed by atoms with Crippen LogP contribution in [-0.4, -0.2) is 42.0 Å². The van der Waals surface area contributed by atoms with E-state index in [0.29, 0.717) is 18.8 Å². The number of carbonyl (C=O) groups is 1. The third-order valence-electron chi connectivity index (χ3n) is 4.50. The number of nitrogens with zero attached hydrogens (tertiary/aromatic N) is 3. The summed E-state index contributed by atoms with van der Waals surface area (Å²) in [6.07, 6.45) is 2.18. The Hall–Kier alpha value is -2.47. The van der Waals surface area contributed by atoms with Crippen molar-refractivity contribution >= 4 is 11.8 Å². The molecule has 3 rings (SSSR count). The maximum atomic E-state index is 11.7. The van der Waals surface area contributed by atoms with Gasteiger partial charge < -0.3 is 14.4 Å². The fourth-order valence-corrected chi connectivity index (χ4v) is 2.98. The molecule has 26 heavy (non-hydrogen) atoms. The summed E-state index contributed by atoms with van der Waals surface area (Å²) in [5.74, 6) is 0.648. The van der Waals surface area contributed by atoms with Crippen LogP contribution in [0.1, 0.15) is 41.4 Å². The Morgan fingerprint density at radius 1 is 1.12 bits per heavy atom. The van der Waals surface area contributed by atoms with Crippen LogP contribution in [0.15, 0.2) is 36.4 Å². The zero-order valence-electron chi connectivity index (χ0n) is 15.4. The largest absolute Gasteiger partial charge is 0.462 e. The summed E-state index contributed by atoms with van der Waals surface area (Å²) >= 11 is 0. The molecule has 0 atom stereocenters. The summed E-state index contributed by atoms with van der Waals surface area (Å²) in [6.45, 7) is 6.52. The first-order valence-corrected chi connectivity index (χ1v) is 9.08. The maximum Gasteiger partial charge on any atom is 0.338 e. The zero-order chi connectivity index (χ0) is 18.4. The molecule has 2 heterocycles. The number of piperidine rings is 1. The van der Waals surface area contributed by atoms with Crippen LogP contribution >= 0.6 is 0 Å². The van der Waals surface area contributed by atoms with Gasteiger partial charge in [-0.05, 0) is 56.5 Å². The van der Waals surface area contributed by atoms with Gasteiger partial charge in [-0.1, -0.05) is 12.1 Å². The number of aromatic nitrogens is 2. The molecule has 0 spiro atoms. The lowest BCUT2D eigenvalue weighted by molar-refractivity contribution is 0.0250. The molecule has 0 amide bonds. The summed E-state index contributed by atoms with van der Waals surface area (Å²) in [7, 11) is 0. The smallest absolute Gasteiger partial charge is 0.338 e. The molecule has 6 nitrogen and oxygen atoms in total. The zero-order valence-corrected chi connectivity index (χ0v) is 15.4. The SMILES string of the molecule is CCOC(=O)c1ccc(COC2CCN(c3ccc(C)nn3)CC2)cc1. The topological polar surface area (TPSA) is 64.6 Å². The third-order valence-corrected chi connectivity index (χ3v) is 4.50. The standard InChI is InChI=1S/C20H25N3O3/c1-3-25-20(24)17-7-5-16(6-8-17)14-26-18-10-12-23(13-11-18)19-9-4-15(2)21-22-19/h4-9,18H,3,10-14H2,1-2H3. The van der Waals surface area contributed by atoms with Crippen LogP contribution in [0.5, 0.6) is 0 Å². The van der Waals surface area contributed by atoms with Gasteiger partial charge in [0.25, 0.3) is 0 Å². The summed E-state index contributed by atoms with van der Waals surface area (Å²) < 4.78 is 11.0. The molecule has 6 heteroatoms. The minimum atomic E-state index is -0.286. The van der Waals surface area contributed by atoms with E-state index in [1.165, 1.54) is 0 Å². The fourth-order valence-electron chi connectivity index (χ4n) is 2.98. The number of hydrogen-bond acceptors (Lipinski definition) is 6. The monoisotopic (exact) mass is 355 g/mol. The first-order chi connectivity index (χ1) is 12.7. The van der Waals surface area contributed by atoms with Crippen molar-refractivity contribution in [2.24, 2.45) is 0 Å². The van der Waals surface area contributed by atoms with Crippen molar-refractivity contribution in [1.29, 1.82) is 0 Å². The first-order valence-electron chi connectivity index (χ1n) is 9.08. The Kier molecular flexibility index (Phi) is 6.17. The van der Waals surface area contributed by atoms with Crippen LogP contribution in [0.3, 0.4) is 0 Å². The van der Waals surface area contributed by atoms with Gasteiger partial charge in [0, 0.05) is 13.1 Å². The summed E-state index contributed by atoms with van der Waals surface area (Å²) in [5, 5.41) is 8.38. The minimum Gasteiger partial charge on any atom is -0.462 e. The van der Waals surface area contributed by atoms with Crippen LogP contribution in [0.25, 0.3) is 0 Å². The summed E-state index contributed by atoms with van der Waals surface area (Å²) in [5.41, 5.74) is 2.56. The molecule has 0 saturated carbocycles. The molecule has 1 aliphatic heterocycles. The van der Waals surface area contributed by atoms with Crippen LogP contribution in [-0.2, 0) is 16.1 Å². The molecular formula is C20H25N3O3. The maximum absolute atomic E-state index is 11.7. The van der Waals surface area contributed by atoms with Crippen molar-refractivity contribution < 1.29 is 14.3 Å². The Balaban J connectivity index is 1.45. The number of rotatable bonds is 6. The van der Waals surface area contributed by atoms with Gasteiger partial charge in [-0.15, -0.1) is 5.10 Å². The fraction of sp³-hybridized carbons (Fsp3) is 0.450. The molecule has 0 radical (unpaired) electrons. The predicted molar refractivity (Wildman–Crippen MR) is 99.2 cm³/mol. The minimum absolute atomic E-state index is 0.245. The van der Waals surface area contributed by atoms with Gasteiger partial charge in [0.1, 0.15) is 0 Å². The van der Waals surface area contributed by atoms with E-state index in [9.17, 15) is 4.79 Å². The number of ether oxygens (including phenoxy) is 2. The highest BCUT2D eigenvalue weighted by Gasteiger charge is 2.21. The molecule has 1 saturated heterocycles. The second-order valence-electron chi connectivity index (χ2n) is 6.45. The highest BCUT2D eigenvalue weighted by atomic mass is 16.5. The Labute approximate surface area is 154 Å². The predicted octanol–water partition coefficient (Wildman–Crippen LogP) is 3.15. The number of hydrogen-bond donors (Lipinski definition) is 0. The van der Waals surface area contributed by atoms with E-state index < -0.39 is 0 Å². The molecule has 0 aliphatic carbocycles. The molecule has 2 aromatic rings. The lowest BCUT2D eigenvalue weighted by Gasteiger charge is -2.32. The van der Waals surface area contributed by atoms with Crippen LogP contribution in [0.2, 0.25) is 0 Å². The number of anilines is 1. The number of benzene rings is 1. The van der Waals surface area contributed by atoms with Crippen molar-refractivity contribution in [3.8, 4) is 0 Å². The molecule has 1 fully saturated rings. The lowest BCUT2D eigenvalue weighted by atomic mass is 10.1. The molecule has 1 aliphatic rings. The van der Waals surface area contributed by atoms with Crippen molar-refractivity contribution in [1.82, 2.24) is 10.2 Å². The van der Waals surface area contributed by atoms with Crippen molar-refractivity contribution in [3.05, 3.63) is 53.2 Å². The average Bonchev–Trinajstić information content (AvgIpc) is 2.68. The van der Waals surface area contributed by atoms with Crippen molar-refractivity contribution in [2.45, 2.75) is 39.4 Å². The van der Waals surface area contributed by atoms with E-state index in [2.05, 4.69) is 15.1 Å². The number of aryl methyl sites for hydroxylation is 1. The van der Waals surface area contributed by atoms with Crippen LogP contribution in [0, 0.1) is 6.92 Å². The van der Waals surface area contributed by atoms with Gasteiger partial charge in [-0.25, -0.2) is 4.79 Å². The van der Waals surface area contributed by atoms with Gasteiger partial charge in [0.15, 0.2) is 5.82 Å². The first kappa shape index (κ1) is 18.3. The third kappa shape index (κ3) is 4.79. The highest BCUT2D eigenvalue weighted by molar-refractivity contribution is 5.89. The highest BCUT2D eigenvalue weighted by Crippen LogP contribution is 2.20. The molecule has 1 aromatic carbocycles. The van der Waals surface area contributed by atoms with E-state index in [0.717, 1.165) is 43.0 Å². The second-order valence-corrected chi connectivity index (χ2v) is 6.45. The van der Waals surface area contributed by atoms with Crippen LogP contribution in [0.4, 0.5) is 5.82 Å². The van der Waals surface area contributed by atoms with Gasteiger partial charge in [0.05, 0.1) is 30.6 Å². The van der Waals surface area contributed by atoms with Crippen molar-refractivity contribution in [2.75, 3.05) is 24.6 Å². The molecule has 138 valence electrons. The van der Waals surface area contributed by atoms with Gasteiger partial charge in [-0.3, -0.25) is 0 Å². The second kappa shape index (κ2) is 8.76. The summed E-state index contributed by atoms with van der Waals surface area (Å²) in [6, 6.07) is 11.4. The van der Waals surface area contributed by atoms with E-state index in [1.807, 2.05) is 31.2 Å². The quantitative estimate of drug-likeness (QED) is 0.742. The Morgan fingerprint density at radius 3 is 2.46 bits per heavy atom. The molecular weight excluding hydrogens is 330 g/mol. The molecule has 0 N–H and O–H groups in total. The number of carbonyl (C=O) groups excluding carboxylic acids is 1. The number of esters is 1. The Bertz CT molecular complexity index is 708. The van der Waals surface area contributed by atoms with Gasteiger partial charge in [0.2, 0.25) is 0 Å². The normalized spacial score (nSPS) is 15.1. The van der Waals surface area contributed by atoms with Crippen molar-refractivity contribution in [3.63, 3.8) is 0 Å². The van der Waals surface area contributed by atoms with E-state index in [4.69, 9.17) is 9.47 Å². The van der Waals surface area contributed by atoms with Gasteiger partial charge >= 0.3 is 5.97 Å². The average molecular weight is 355 g/mol. The van der Waals surface area contributed by atoms with E-state index in [1.54, 1.807) is 19.1 Å². The Morgan fingerprint density at radius 2 is 1.85 bits per heavy atom. The summed E-state index contributed by atoms with van der Waals surface area (Å²) in [4.78, 5) is 13.9. The van der Waals surface area contributed by atoms with E-state index in [-0.39, 0.29) is 12.1 Å². The molecule has 0 unspecified atom stereocenters. The van der Waals surface area contributed by atoms with Gasteiger partial charge in [-0.2, -0.15) is 5.10 Å². The van der Waals surface area contributed by atoms with E-state index >= 15 is 0 Å². The lowest BCUT2D eigenvalue weighted by Crippen LogP contribution is -2.37. The van der Waals surface area contributed by atoms with Crippen LogP contribution < -0.4 is 4.90 Å². The molecule has 0 bridgehead atoms. The molecule has 1 aromatic heterocycles.